The largest absolute Gasteiger partial charge is 0.493 e. The second kappa shape index (κ2) is 10.8. The zero-order valence-corrected chi connectivity index (χ0v) is 16.1. The number of nitrogens with one attached hydrogen (secondary N) is 1. The molecule has 0 atom stereocenters. The highest BCUT2D eigenvalue weighted by atomic mass is 16.5. The highest BCUT2D eigenvalue weighted by molar-refractivity contribution is 5.91. The number of hydrogen-bond donors (Lipinski definition) is 2. The molecular weight excluding hydrogens is 358 g/mol. The van der Waals surface area contributed by atoms with Gasteiger partial charge in [0.25, 0.3) is 0 Å². The van der Waals surface area contributed by atoms with E-state index in [0.717, 1.165) is 16.7 Å². The summed E-state index contributed by atoms with van der Waals surface area (Å²) in [5.74, 6) is 0.0597. The molecule has 0 radical (unpaired) electrons. The predicted molar refractivity (Wildman–Crippen MR) is 107 cm³/mol. The number of ether oxygens (including phenoxy) is 2. The molecule has 0 saturated carbocycles. The van der Waals surface area contributed by atoms with Gasteiger partial charge in [-0.15, -0.1) is 0 Å². The van der Waals surface area contributed by atoms with E-state index in [0.29, 0.717) is 31.1 Å². The Bertz CT molecular complexity index is 845. The molecule has 0 spiro atoms. The molecule has 0 aliphatic heterocycles. The van der Waals surface area contributed by atoms with E-state index in [1.54, 1.807) is 19.3 Å². The van der Waals surface area contributed by atoms with Crippen LogP contribution in [-0.2, 0) is 16.2 Å². The van der Waals surface area contributed by atoms with Crippen LogP contribution in [0.1, 0.15) is 29.5 Å². The number of hydrogen-bond acceptors (Lipinski definition) is 4. The number of carboxylic acids is 1. The summed E-state index contributed by atoms with van der Waals surface area (Å²) in [6.07, 6.45) is 3.50. The van der Waals surface area contributed by atoms with Crippen molar-refractivity contribution in [2.75, 3.05) is 13.7 Å². The van der Waals surface area contributed by atoms with Crippen LogP contribution >= 0.6 is 0 Å². The molecule has 2 aromatic rings. The maximum Gasteiger partial charge on any atom is 0.303 e. The number of aryl methyl sites for hydroxylation is 1. The predicted octanol–water partition coefficient (Wildman–Crippen LogP) is 3.58. The Morgan fingerprint density at radius 2 is 1.93 bits per heavy atom. The van der Waals surface area contributed by atoms with Crippen LogP contribution in [0.3, 0.4) is 0 Å². The first-order chi connectivity index (χ1) is 13.5. The van der Waals surface area contributed by atoms with Gasteiger partial charge in [-0.25, -0.2) is 0 Å². The maximum absolute atomic E-state index is 11.8. The summed E-state index contributed by atoms with van der Waals surface area (Å²) < 4.78 is 11.3. The second-order valence-electron chi connectivity index (χ2n) is 6.25. The lowest BCUT2D eigenvalue weighted by molar-refractivity contribution is -0.137. The zero-order valence-electron chi connectivity index (χ0n) is 16.1. The summed E-state index contributed by atoms with van der Waals surface area (Å²) in [5.41, 5.74) is 3.06. The Balaban J connectivity index is 1.93. The Kier molecular flexibility index (Phi) is 8.09. The summed E-state index contributed by atoms with van der Waals surface area (Å²) in [6.45, 7) is 2.80. The monoisotopic (exact) mass is 383 g/mol. The Morgan fingerprint density at radius 1 is 1.14 bits per heavy atom. The molecule has 2 N–H and O–H groups in total. The van der Waals surface area contributed by atoms with E-state index in [1.807, 2.05) is 43.3 Å². The first-order valence-electron chi connectivity index (χ1n) is 9.02. The van der Waals surface area contributed by atoms with Crippen LogP contribution in [0.25, 0.3) is 6.08 Å². The molecule has 2 rings (SSSR count). The molecule has 6 nitrogen and oxygen atoms in total. The minimum absolute atomic E-state index is 0.0329. The molecule has 0 fully saturated rings. The van der Waals surface area contributed by atoms with Crippen LogP contribution in [0.4, 0.5) is 0 Å². The van der Waals surface area contributed by atoms with Gasteiger partial charge in [0, 0.05) is 19.0 Å². The van der Waals surface area contributed by atoms with Crippen LogP contribution in [0.5, 0.6) is 11.5 Å². The van der Waals surface area contributed by atoms with Crippen LogP contribution in [0.15, 0.2) is 48.5 Å². The smallest absolute Gasteiger partial charge is 0.303 e. The average molecular weight is 383 g/mol. The van der Waals surface area contributed by atoms with Gasteiger partial charge in [0.1, 0.15) is 6.61 Å². The van der Waals surface area contributed by atoms with Crippen molar-refractivity contribution >= 4 is 18.0 Å². The number of rotatable bonds is 10. The number of aliphatic carboxylic acids is 1. The molecule has 0 saturated heterocycles. The molecule has 0 heterocycles. The minimum atomic E-state index is -0.874. The number of carbonyl (C=O) groups excluding carboxylic acids is 1. The van der Waals surface area contributed by atoms with Crippen molar-refractivity contribution in [3.8, 4) is 11.5 Å². The van der Waals surface area contributed by atoms with Gasteiger partial charge in [-0.3, -0.25) is 9.59 Å². The summed E-state index contributed by atoms with van der Waals surface area (Å²) >= 11 is 0. The van der Waals surface area contributed by atoms with Crippen LogP contribution in [0.2, 0.25) is 0 Å². The molecule has 28 heavy (non-hydrogen) atoms. The van der Waals surface area contributed by atoms with E-state index >= 15 is 0 Å². The van der Waals surface area contributed by atoms with E-state index < -0.39 is 5.97 Å². The van der Waals surface area contributed by atoms with Crippen LogP contribution < -0.4 is 14.8 Å². The molecule has 6 heteroatoms. The number of carbonyl (C=O) groups is 2. The first kappa shape index (κ1) is 21.0. The fourth-order valence-corrected chi connectivity index (χ4v) is 2.52. The average Bonchev–Trinajstić information content (AvgIpc) is 2.69. The summed E-state index contributed by atoms with van der Waals surface area (Å²) in [4.78, 5) is 22.2. The third-order valence-electron chi connectivity index (χ3n) is 4.13. The zero-order chi connectivity index (χ0) is 20.4. The highest BCUT2D eigenvalue weighted by Crippen LogP contribution is 2.29. The number of benzene rings is 2. The fraction of sp³-hybridized carbons (Fsp3) is 0.273. The Labute approximate surface area is 164 Å². The lowest BCUT2D eigenvalue weighted by atomic mass is 10.1. The molecule has 0 unspecified atom stereocenters. The van der Waals surface area contributed by atoms with Gasteiger partial charge in [0.15, 0.2) is 11.5 Å². The quantitative estimate of drug-likeness (QED) is 0.484. The maximum atomic E-state index is 11.8. The number of methoxy groups -OCH3 is 1. The third-order valence-corrected chi connectivity index (χ3v) is 4.13. The van der Waals surface area contributed by atoms with E-state index in [-0.39, 0.29) is 12.3 Å². The van der Waals surface area contributed by atoms with E-state index in [2.05, 4.69) is 5.32 Å². The molecule has 148 valence electrons. The lowest BCUT2D eigenvalue weighted by Crippen LogP contribution is -2.22. The van der Waals surface area contributed by atoms with Gasteiger partial charge < -0.3 is 19.9 Å². The number of carboxylic acid groups (broad SMARTS) is 1. The van der Waals surface area contributed by atoms with Crippen LogP contribution in [0, 0.1) is 6.92 Å². The molecule has 0 bridgehead atoms. The molecule has 2 aromatic carbocycles. The van der Waals surface area contributed by atoms with Crippen molar-refractivity contribution in [3.63, 3.8) is 0 Å². The normalized spacial score (nSPS) is 10.6. The van der Waals surface area contributed by atoms with Gasteiger partial charge in [-0.1, -0.05) is 30.3 Å². The molecular formula is C22H25NO5. The van der Waals surface area contributed by atoms with Crippen molar-refractivity contribution in [2.24, 2.45) is 0 Å². The third kappa shape index (κ3) is 6.79. The molecule has 0 aliphatic rings. The molecule has 0 aromatic heterocycles. The van der Waals surface area contributed by atoms with Crippen molar-refractivity contribution in [1.82, 2.24) is 5.32 Å². The summed E-state index contributed by atoms with van der Waals surface area (Å²) in [7, 11) is 1.57. The van der Waals surface area contributed by atoms with Gasteiger partial charge in [-0.05, 0) is 48.2 Å². The molecule has 0 aliphatic carbocycles. The van der Waals surface area contributed by atoms with Gasteiger partial charge in [-0.2, -0.15) is 0 Å². The summed E-state index contributed by atoms with van der Waals surface area (Å²) in [6, 6.07) is 13.5. The van der Waals surface area contributed by atoms with Crippen molar-refractivity contribution in [3.05, 3.63) is 65.2 Å². The first-order valence-corrected chi connectivity index (χ1v) is 9.02. The van der Waals surface area contributed by atoms with Gasteiger partial charge in [0.2, 0.25) is 5.91 Å². The standard InChI is InChI=1S/C22H25NO5/c1-16-6-3-4-7-18(16)15-28-19-11-9-17(14-20(19)27-2)10-12-21(24)23-13-5-8-22(25)26/h3-4,6-7,9-12,14H,5,8,13,15H2,1-2H3,(H,23,24)(H,25,26)/b12-10+. The SMILES string of the molecule is COc1cc(/C=C/C(=O)NCCCC(=O)O)ccc1OCc1ccccc1C. The lowest BCUT2D eigenvalue weighted by Gasteiger charge is -2.12. The number of amides is 1. The topological polar surface area (TPSA) is 84.9 Å². The Morgan fingerprint density at radius 3 is 2.64 bits per heavy atom. The van der Waals surface area contributed by atoms with Crippen molar-refractivity contribution in [2.45, 2.75) is 26.4 Å². The van der Waals surface area contributed by atoms with E-state index in [9.17, 15) is 9.59 Å². The van der Waals surface area contributed by atoms with Crippen molar-refractivity contribution < 1.29 is 24.2 Å². The highest BCUT2D eigenvalue weighted by Gasteiger charge is 2.07. The molecule has 1 amide bonds. The van der Waals surface area contributed by atoms with Crippen molar-refractivity contribution in [1.29, 1.82) is 0 Å². The Hall–Kier alpha value is -3.28. The van der Waals surface area contributed by atoms with Gasteiger partial charge in [0.05, 0.1) is 7.11 Å². The van der Waals surface area contributed by atoms with Crippen LogP contribution in [-0.4, -0.2) is 30.6 Å². The fourth-order valence-electron chi connectivity index (χ4n) is 2.52. The van der Waals surface area contributed by atoms with E-state index in [4.69, 9.17) is 14.6 Å². The second-order valence-corrected chi connectivity index (χ2v) is 6.25. The van der Waals surface area contributed by atoms with E-state index in [1.165, 1.54) is 6.08 Å². The summed E-state index contributed by atoms with van der Waals surface area (Å²) in [5, 5.41) is 11.2. The van der Waals surface area contributed by atoms with Gasteiger partial charge >= 0.3 is 5.97 Å². The minimum Gasteiger partial charge on any atom is -0.493 e.